The van der Waals surface area contributed by atoms with E-state index in [-0.39, 0.29) is 6.61 Å². The Labute approximate surface area is 106 Å². The van der Waals surface area contributed by atoms with Gasteiger partial charge in [0.15, 0.2) is 0 Å². The normalized spacial score (nSPS) is 10.6. The molecule has 1 aromatic rings. The van der Waals surface area contributed by atoms with Crippen LogP contribution in [0, 0.1) is 0 Å². The van der Waals surface area contributed by atoms with E-state index in [1.54, 1.807) is 18.2 Å². The zero-order valence-electron chi connectivity index (χ0n) is 9.08. The Balaban J connectivity index is 2.66. The van der Waals surface area contributed by atoms with Crippen molar-refractivity contribution in [1.82, 2.24) is 0 Å². The van der Waals surface area contributed by atoms with Crippen LogP contribution >= 0.6 is 15.9 Å². The predicted octanol–water partition coefficient (Wildman–Crippen LogP) is 3.02. The van der Waals surface area contributed by atoms with Crippen molar-refractivity contribution in [3.63, 3.8) is 0 Å². The molecular formula is C11H11BrF2O3. The smallest absolute Gasteiger partial charge is 0.337 e. The maximum absolute atomic E-state index is 11.9. The molecule has 3 nitrogen and oxygen atoms in total. The Morgan fingerprint density at radius 1 is 1.47 bits per heavy atom. The van der Waals surface area contributed by atoms with Gasteiger partial charge >= 0.3 is 5.97 Å². The molecule has 0 saturated carbocycles. The Morgan fingerprint density at radius 2 is 2.18 bits per heavy atom. The van der Waals surface area contributed by atoms with Gasteiger partial charge in [-0.3, -0.25) is 0 Å². The van der Waals surface area contributed by atoms with Crippen LogP contribution in [0.2, 0.25) is 0 Å². The first-order chi connectivity index (χ1) is 8.04. The quantitative estimate of drug-likeness (QED) is 0.784. The number of carbonyl (C=O) groups excluding carboxylic acids is 1. The zero-order chi connectivity index (χ0) is 12.8. The lowest BCUT2D eigenvalue weighted by Crippen LogP contribution is -2.05. The highest BCUT2D eigenvalue weighted by Gasteiger charge is 2.09. The van der Waals surface area contributed by atoms with Crippen molar-refractivity contribution >= 4 is 21.9 Å². The van der Waals surface area contributed by atoms with Crippen LogP contribution in [0.3, 0.4) is 0 Å². The summed E-state index contributed by atoms with van der Waals surface area (Å²) in [5.74, 6) is -0.453. The van der Waals surface area contributed by atoms with Crippen LogP contribution < -0.4 is 0 Å². The number of hydrogen-bond donors (Lipinski definition) is 0. The molecule has 0 atom stereocenters. The number of carbonyl (C=O) groups is 1. The van der Waals surface area contributed by atoms with E-state index < -0.39 is 19.0 Å². The van der Waals surface area contributed by atoms with E-state index in [2.05, 4.69) is 20.7 Å². The van der Waals surface area contributed by atoms with Crippen molar-refractivity contribution in [2.24, 2.45) is 0 Å². The first kappa shape index (κ1) is 14.1. The summed E-state index contributed by atoms with van der Waals surface area (Å²) in [7, 11) is 1.29. The van der Waals surface area contributed by atoms with Gasteiger partial charge in [-0.1, -0.05) is 22.0 Å². The fourth-order valence-electron chi connectivity index (χ4n) is 1.17. The summed E-state index contributed by atoms with van der Waals surface area (Å²) in [6.45, 7) is -0.544. The van der Waals surface area contributed by atoms with Crippen molar-refractivity contribution in [2.45, 2.75) is 13.0 Å². The molecule has 0 unspecified atom stereocenters. The summed E-state index contributed by atoms with van der Waals surface area (Å²) in [5, 5.41) is 0. The molecule has 0 heterocycles. The fourth-order valence-corrected chi connectivity index (χ4v) is 1.66. The molecule has 0 aliphatic carbocycles. The second kappa shape index (κ2) is 6.66. The third-order valence-corrected chi connectivity index (χ3v) is 2.71. The number of rotatable bonds is 5. The van der Waals surface area contributed by atoms with Gasteiger partial charge < -0.3 is 9.47 Å². The van der Waals surface area contributed by atoms with Crippen LogP contribution in [-0.2, 0) is 16.1 Å². The van der Waals surface area contributed by atoms with E-state index in [4.69, 9.17) is 4.74 Å². The lowest BCUT2D eigenvalue weighted by molar-refractivity contribution is 0.00970. The second-order valence-electron chi connectivity index (χ2n) is 3.20. The minimum atomic E-state index is -2.48. The molecule has 1 rings (SSSR count). The highest BCUT2D eigenvalue weighted by Crippen LogP contribution is 2.20. The minimum absolute atomic E-state index is 0.0619. The second-order valence-corrected chi connectivity index (χ2v) is 4.06. The van der Waals surface area contributed by atoms with Crippen molar-refractivity contribution in [1.29, 1.82) is 0 Å². The molecule has 0 saturated heterocycles. The van der Waals surface area contributed by atoms with E-state index in [1.165, 1.54) is 7.11 Å². The van der Waals surface area contributed by atoms with Gasteiger partial charge in [-0.05, 0) is 17.7 Å². The molecular weight excluding hydrogens is 298 g/mol. The number of esters is 1. The van der Waals surface area contributed by atoms with Crippen molar-refractivity contribution in [3.05, 3.63) is 33.8 Å². The summed E-state index contributed by atoms with van der Waals surface area (Å²) >= 11 is 3.24. The Kier molecular flexibility index (Phi) is 5.50. The van der Waals surface area contributed by atoms with Gasteiger partial charge in [0, 0.05) is 4.47 Å². The molecule has 17 heavy (non-hydrogen) atoms. The molecule has 0 radical (unpaired) electrons. The zero-order valence-corrected chi connectivity index (χ0v) is 10.7. The standard InChI is InChI=1S/C11H11BrF2O3/c1-16-11(15)7-2-3-8(9(12)4-7)5-17-6-10(13)14/h2-4,10H,5-6H2,1H3. The predicted molar refractivity (Wildman–Crippen MR) is 61.1 cm³/mol. The summed E-state index contributed by atoms with van der Waals surface area (Å²) in [6.07, 6.45) is -2.48. The summed E-state index contributed by atoms with van der Waals surface area (Å²) in [4.78, 5) is 11.2. The average Bonchev–Trinajstić information content (AvgIpc) is 2.29. The molecule has 94 valence electrons. The molecule has 6 heteroatoms. The number of halogens is 3. The monoisotopic (exact) mass is 308 g/mol. The Bertz CT molecular complexity index is 396. The molecule has 0 N–H and O–H groups in total. The van der Waals surface area contributed by atoms with Crippen molar-refractivity contribution in [2.75, 3.05) is 13.7 Å². The van der Waals surface area contributed by atoms with Gasteiger partial charge in [0.05, 0.1) is 19.3 Å². The molecule has 0 spiro atoms. The summed E-state index contributed by atoms with van der Waals surface area (Å²) < 4.78 is 33.7. The molecule has 0 fully saturated rings. The molecule has 0 amide bonds. The third-order valence-electron chi connectivity index (χ3n) is 1.98. The van der Waals surface area contributed by atoms with Crippen LogP contribution in [0.4, 0.5) is 8.78 Å². The first-order valence-electron chi connectivity index (χ1n) is 4.77. The van der Waals surface area contributed by atoms with Crippen molar-refractivity contribution in [3.8, 4) is 0 Å². The lowest BCUT2D eigenvalue weighted by atomic mass is 10.1. The maximum Gasteiger partial charge on any atom is 0.337 e. The van der Waals surface area contributed by atoms with E-state index in [0.29, 0.717) is 15.6 Å². The molecule has 0 aliphatic heterocycles. The van der Waals surface area contributed by atoms with Gasteiger partial charge in [-0.15, -0.1) is 0 Å². The maximum atomic E-state index is 11.9. The highest BCUT2D eigenvalue weighted by molar-refractivity contribution is 9.10. The van der Waals surface area contributed by atoms with Crippen LogP contribution in [-0.4, -0.2) is 26.1 Å². The highest BCUT2D eigenvalue weighted by atomic mass is 79.9. The molecule has 0 aliphatic rings. The van der Waals surface area contributed by atoms with E-state index in [1.807, 2.05) is 0 Å². The van der Waals surface area contributed by atoms with E-state index in [9.17, 15) is 13.6 Å². The Hall–Kier alpha value is -1.01. The van der Waals surface area contributed by atoms with Gasteiger partial charge in [0.25, 0.3) is 6.43 Å². The van der Waals surface area contributed by atoms with Crippen LogP contribution in [0.25, 0.3) is 0 Å². The van der Waals surface area contributed by atoms with Gasteiger partial charge in [0.2, 0.25) is 0 Å². The van der Waals surface area contributed by atoms with Gasteiger partial charge in [0.1, 0.15) is 6.61 Å². The molecule has 0 aromatic heterocycles. The lowest BCUT2D eigenvalue weighted by Gasteiger charge is -2.07. The average molecular weight is 309 g/mol. The first-order valence-corrected chi connectivity index (χ1v) is 5.56. The summed E-state index contributed by atoms with van der Waals surface area (Å²) in [5.41, 5.74) is 1.08. The fraction of sp³-hybridized carbons (Fsp3) is 0.364. The third kappa shape index (κ3) is 4.40. The molecule has 1 aromatic carbocycles. The van der Waals surface area contributed by atoms with Crippen molar-refractivity contribution < 1.29 is 23.0 Å². The van der Waals surface area contributed by atoms with Crippen LogP contribution in [0.15, 0.2) is 22.7 Å². The van der Waals surface area contributed by atoms with Gasteiger partial charge in [-0.25, -0.2) is 13.6 Å². The Morgan fingerprint density at radius 3 is 2.71 bits per heavy atom. The summed E-state index contributed by atoms with van der Waals surface area (Å²) in [6, 6.07) is 4.74. The van der Waals surface area contributed by atoms with Gasteiger partial charge in [-0.2, -0.15) is 0 Å². The number of ether oxygens (including phenoxy) is 2. The number of hydrogen-bond acceptors (Lipinski definition) is 3. The topological polar surface area (TPSA) is 35.5 Å². The van der Waals surface area contributed by atoms with E-state index >= 15 is 0 Å². The largest absolute Gasteiger partial charge is 0.465 e. The number of methoxy groups -OCH3 is 1. The SMILES string of the molecule is COC(=O)c1ccc(COCC(F)F)c(Br)c1. The number of benzene rings is 1. The minimum Gasteiger partial charge on any atom is -0.465 e. The number of alkyl halides is 2. The van der Waals surface area contributed by atoms with E-state index in [0.717, 1.165) is 0 Å². The molecule has 0 bridgehead atoms. The van der Waals surface area contributed by atoms with Crippen LogP contribution in [0.1, 0.15) is 15.9 Å². The van der Waals surface area contributed by atoms with Crippen LogP contribution in [0.5, 0.6) is 0 Å².